The molecule has 0 radical (unpaired) electrons. The summed E-state index contributed by atoms with van der Waals surface area (Å²) in [6, 6.07) is 6.96. The zero-order chi connectivity index (χ0) is 19.3. The third kappa shape index (κ3) is 2.87. The molecule has 0 aliphatic heterocycles. The van der Waals surface area contributed by atoms with Crippen molar-refractivity contribution in [3.05, 3.63) is 63.1 Å². The van der Waals surface area contributed by atoms with Crippen molar-refractivity contribution in [1.82, 2.24) is 14.2 Å². The van der Waals surface area contributed by atoms with Crippen molar-refractivity contribution >= 4 is 26.9 Å². The molecule has 0 amide bonds. The second-order valence-corrected chi connectivity index (χ2v) is 7.35. The van der Waals surface area contributed by atoms with Gasteiger partial charge in [-0.2, -0.15) is 18.3 Å². The number of aryl methyl sites for hydroxylation is 1. The summed E-state index contributed by atoms with van der Waals surface area (Å²) in [5, 5.41) is 3.96. The summed E-state index contributed by atoms with van der Waals surface area (Å²) in [6.45, 7) is 1.77. The van der Waals surface area contributed by atoms with Crippen LogP contribution in [0.4, 0.5) is 13.2 Å². The Kier molecular flexibility index (Phi) is 3.99. The fourth-order valence-electron chi connectivity index (χ4n) is 3.15. The molecule has 4 rings (SSSR count). The van der Waals surface area contributed by atoms with Gasteiger partial charge in [0.1, 0.15) is 16.3 Å². The number of halogens is 3. The molecule has 3 aromatic heterocycles. The summed E-state index contributed by atoms with van der Waals surface area (Å²) in [5.41, 5.74) is -1.02. The molecule has 0 unspecified atom stereocenters. The molecule has 0 N–H and O–H groups in total. The lowest BCUT2D eigenvalue weighted by atomic mass is 10.2. The number of ether oxygens (including phenoxy) is 1. The van der Waals surface area contributed by atoms with Crippen LogP contribution in [0.2, 0.25) is 0 Å². The second kappa shape index (κ2) is 6.12. The average Bonchev–Trinajstić information content (AvgIpc) is 3.12. The van der Waals surface area contributed by atoms with Gasteiger partial charge in [0.25, 0.3) is 5.56 Å². The number of alkyl halides is 3. The van der Waals surface area contributed by atoms with Crippen LogP contribution in [0.1, 0.15) is 16.1 Å². The summed E-state index contributed by atoms with van der Waals surface area (Å²) >= 11 is 1.20. The van der Waals surface area contributed by atoms with Gasteiger partial charge in [0.2, 0.25) is 0 Å². The predicted molar refractivity (Wildman–Crippen MR) is 96.7 cm³/mol. The maximum atomic E-state index is 13.7. The van der Waals surface area contributed by atoms with E-state index in [0.29, 0.717) is 16.1 Å². The Morgan fingerprint density at radius 3 is 2.78 bits per heavy atom. The van der Waals surface area contributed by atoms with E-state index in [2.05, 4.69) is 5.10 Å². The van der Waals surface area contributed by atoms with Crippen LogP contribution in [-0.2, 0) is 12.7 Å². The number of benzene rings is 1. The van der Waals surface area contributed by atoms with Gasteiger partial charge in [-0.25, -0.2) is 4.68 Å². The van der Waals surface area contributed by atoms with E-state index in [1.165, 1.54) is 30.8 Å². The summed E-state index contributed by atoms with van der Waals surface area (Å²) in [7, 11) is 1.51. The minimum atomic E-state index is -4.66. The van der Waals surface area contributed by atoms with Gasteiger partial charge >= 0.3 is 6.18 Å². The van der Waals surface area contributed by atoms with Crippen LogP contribution in [0.5, 0.6) is 5.75 Å². The van der Waals surface area contributed by atoms with Gasteiger partial charge < -0.3 is 9.14 Å². The molecular weight excluding hydrogens is 379 g/mol. The first-order valence-corrected chi connectivity index (χ1v) is 8.81. The number of hydrogen-bond acceptors (Lipinski definition) is 4. The van der Waals surface area contributed by atoms with Crippen LogP contribution in [-0.4, -0.2) is 21.3 Å². The SMILES string of the molecule is COc1cccc(Cn2ncc3c(c(C(F)(F)F)n4cc(C)sc34)c2=O)c1. The fourth-order valence-corrected chi connectivity index (χ4v) is 4.12. The molecule has 5 nitrogen and oxygen atoms in total. The normalized spacial score (nSPS) is 12.2. The van der Waals surface area contributed by atoms with Gasteiger partial charge in [0.15, 0.2) is 0 Å². The Labute approximate surface area is 155 Å². The summed E-state index contributed by atoms with van der Waals surface area (Å²) < 4.78 is 48.4. The molecule has 140 valence electrons. The van der Waals surface area contributed by atoms with Crippen molar-refractivity contribution in [2.45, 2.75) is 19.6 Å². The van der Waals surface area contributed by atoms with Gasteiger partial charge in [-0.1, -0.05) is 12.1 Å². The van der Waals surface area contributed by atoms with Gasteiger partial charge in [-0.05, 0) is 24.6 Å². The fraction of sp³-hybridized carbons (Fsp3) is 0.222. The molecule has 0 saturated heterocycles. The summed E-state index contributed by atoms with van der Waals surface area (Å²) in [6.07, 6.45) is -1.93. The van der Waals surface area contributed by atoms with E-state index >= 15 is 0 Å². The Balaban J connectivity index is 1.95. The second-order valence-electron chi connectivity index (χ2n) is 6.11. The predicted octanol–water partition coefficient (Wildman–Crippen LogP) is 4.09. The van der Waals surface area contributed by atoms with E-state index in [1.54, 1.807) is 31.2 Å². The number of fused-ring (bicyclic) bond motifs is 3. The number of aromatic nitrogens is 3. The van der Waals surface area contributed by atoms with Crippen molar-refractivity contribution < 1.29 is 17.9 Å². The smallest absolute Gasteiger partial charge is 0.432 e. The molecule has 1 aromatic carbocycles. The molecule has 9 heteroatoms. The topological polar surface area (TPSA) is 48.5 Å². The highest BCUT2D eigenvalue weighted by Crippen LogP contribution is 2.39. The van der Waals surface area contributed by atoms with Gasteiger partial charge in [0, 0.05) is 16.5 Å². The minimum Gasteiger partial charge on any atom is -0.497 e. The maximum absolute atomic E-state index is 13.7. The molecule has 4 aromatic rings. The average molecular weight is 393 g/mol. The Morgan fingerprint density at radius 1 is 1.30 bits per heavy atom. The van der Waals surface area contributed by atoms with E-state index in [0.717, 1.165) is 14.0 Å². The highest BCUT2D eigenvalue weighted by molar-refractivity contribution is 7.18. The van der Waals surface area contributed by atoms with Crippen LogP contribution in [0, 0.1) is 6.92 Å². The highest BCUT2D eigenvalue weighted by atomic mass is 32.1. The molecule has 0 spiro atoms. The van der Waals surface area contributed by atoms with Gasteiger partial charge in [-0.3, -0.25) is 4.79 Å². The molecule has 0 fully saturated rings. The highest BCUT2D eigenvalue weighted by Gasteiger charge is 2.39. The first kappa shape index (κ1) is 17.6. The lowest BCUT2D eigenvalue weighted by molar-refractivity contribution is -0.140. The Bertz CT molecular complexity index is 1220. The molecule has 0 saturated carbocycles. The third-order valence-corrected chi connectivity index (χ3v) is 5.31. The molecule has 0 atom stereocenters. The van der Waals surface area contributed by atoms with Crippen molar-refractivity contribution in [3.63, 3.8) is 0 Å². The van der Waals surface area contributed by atoms with Gasteiger partial charge in [-0.15, -0.1) is 11.3 Å². The molecule has 0 bridgehead atoms. The van der Waals surface area contributed by atoms with E-state index in [1.807, 2.05) is 0 Å². The minimum absolute atomic E-state index is 0.0474. The monoisotopic (exact) mass is 393 g/mol. The van der Waals surface area contributed by atoms with Crippen LogP contribution in [0.15, 0.2) is 41.5 Å². The quantitative estimate of drug-likeness (QED) is 0.527. The zero-order valence-electron chi connectivity index (χ0n) is 14.4. The first-order chi connectivity index (χ1) is 12.8. The Morgan fingerprint density at radius 2 is 2.07 bits per heavy atom. The van der Waals surface area contributed by atoms with Crippen molar-refractivity contribution in [1.29, 1.82) is 0 Å². The van der Waals surface area contributed by atoms with Crippen LogP contribution >= 0.6 is 11.3 Å². The number of hydrogen-bond donors (Lipinski definition) is 0. The van der Waals surface area contributed by atoms with Crippen molar-refractivity contribution in [2.75, 3.05) is 7.11 Å². The number of nitrogens with zero attached hydrogens (tertiary/aromatic N) is 3. The van der Waals surface area contributed by atoms with Crippen molar-refractivity contribution in [2.24, 2.45) is 0 Å². The number of methoxy groups -OCH3 is 1. The Hall–Kier alpha value is -2.81. The zero-order valence-corrected chi connectivity index (χ0v) is 15.2. The summed E-state index contributed by atoms with van der Waals surface area (Å²) in [4.78, 5) is 14.0. The number of thiazole rings is 1. The maximum Gasteiger partial charge on any atom is 0.432 e. The van der Waals surface area contributed by atoms with E-state index < -0.39 is 17.4 Å². The third-order valence-electron chi connectivity index (χ3n) is 4.27. The first-order valence-electron chi connectivity index (χ1n) is 8.00. The largest absolute Gasteiger partial charge is 0.497 e. The van der Waals surface area contributed by atoms with Crippen LogP contribution in [0.25, 0.3) is 15.6 Å². The summed E-state index contributed by atoms with van der Waals surface area (Å²) in [5.74, 6) is 0.595. The number of rotatable bonds is 3. The van der Waals surface area contributed by atoms with Crippen molar-refractivity contribution in [3.8, 4) is 5.75 Å². The molecule has 0 aliphatic carbocycles. The molecule has 27 heavy (non-hydrogen) atoms. The molecular formula is C18H14F3N3O2S. The molecule has 3 heterocycles. The van der Waals surface area contributed by atoms with E-state index in [9.17, 15) is 18.0 Å². The lowest BCUT2D eigenvalue weighted by Gasteiger charge is -2.09. The standard InChI is InChI=1S/C18H14F3N3O2S/c1-10-8-23-15(18(19,20)21)14-13(17(23)27-10)7-22-24(16(14)25)9-11-4-3-5-12(6-11)26-2/h3-8H,9H2,1-2H3. The molecule has 0 aliphatic rings. The van der Waals surface area contributed by atoms with Crippen LogP contribution in [0.3, 0.4) is 0 Å². The van der Waals surface area contributed by atoms with E-state index in [-0.39, 0.29) is 17.3 Å². The lowest BCUT2D eigenvalue weighted by Crippen LogP contribution is -2.25. The van der Waals surface area contributed by atoms with Gasteiger partial charge in [0.05, 0.1) is 25.2 Å². The van der Waals surface area contributed by atoms with E-state index in [4.69, 9.17) is 4.74 Å². The van der Waals surface area contributed by atoms with Crippen LogP contribution < -0.4 is 10.3 Å².